The Morgan fingerprint density at radius 1 is 1.15 bits per heavy atom. The molecule has 5 heteroatoms. The Labute approximate surface area is 160 Å². The molecule has 1 atom stereocenters. The molecule has 0 aliphatic carbocycles. The average molecular weight is 369 g/mol. The Morgan fingerprint density at radius 3 is 2.74 bits per heavy atom. The van der Waals surface area contributed by atoms with Crippen LogP contribution in [0.2, 0.25) is 0 Å². The van der Waals surface area contributed by atoms with E-state index < -0.39 is 0 Å². The Hall–Kier alpha value is -2.53. The van der Waals surface area contributed by atoms with Crippen LogP contribution in [0.5, 0.6) is 11.5 Å². The van der Waals surface area contributed by atoms with Crippen LogP contribution in [0.15, 0.2) is 48.5 Å². The fourth-order valence-electron chi connectivity index (χ4n) is 3.09. The zero-order valence-electron chi connectivity index (χ0n) is 15.8. The van der Waals surface area contributed by atoms with E-state index in [1.54, 1.807) is 7.11 Å². The topological polar surface area (TPSA) is 56.8 Å². The van der Waals surface area contributed by atoms with E-state index in [2.05, 4.69) is 5.32 Å². The molecule has 1 N–H and O–H groups in total. The van der Waals surface area contributed by atoms with Crippen LogP contribution >= 0.6 is 0 Å². The van der Waals surface area contributed by atoms with Gasteiger partial charge in [-0.2, -0.15) is 0 Å². The van der Waals surface area contributed by atoms with Gasteiger partial charge in [-0.25, -0.2) is 0 Å². The molecule has 0 saturated carbocycles. The maximum atomic E-state index is 12.1. The second-order valence-electron chi connectivity index (χ2n) is 6.69. The van der Waals surface area contributed by atoms with Gasteiger partial charge in [0.2, 0.25) is 5.91 Å². The molecule has 1 amide bonds. The van der Waals surface area contributed by atoms with Gasteiger partial charge in [-0.1, -0.05) is 36.4 Å². The van der Waals surface area contributed by atoms with Crippen molar-refractivity contribution in [2.45, 2.75) is 38.3 Å². The molecule has 0 bridgehead atoms. The first-order chi connectivity index (χ1) is 13.2. The normalized spacial score (nSPS) is 16.1. The molecule has 1 heterocycles. The van der Waals surface area contributed by atoms with E-state index in [4.69, 9.17) is 14.2 Å². The van der Waals surface area contributed by atoms with Crippen molar-refractivity contribution in [2.24, 2.45) is 0 Å². The molecule has 5 nitrogen and oxygen atoms in total. The summed E-state index contributed by atoms with van der Waals surface area (Å²) in [5.74, 6) is 1.41. The molecule has 0 radical (unpaired) electrons. The fourth-order valence-corrected chi connectivity index (χ4v) is 3.09. The second-order valence-corrected chi connectivity index (χ2v) is 6.69. The predicted molar refractivity (Wildman–Crippen MR) is 104 cm³/mol. The van der Waals surface area contributed by atoms with E-state index in [1.807, 2.05) is 48.5 Å². The minimum atomic E-state index is 0.0385. The third-order valence-corrected chi connectivity index (χ3v) is 4.65. The summed E-state index contributed by atoms with van der Waals surface area (Å²) >= 11 is 0. The van der Waals surface area contributed by atoms with Crippen LogP contribution in [0.1, 0.15) is 30.4 Å². The summed E-state index contributed by atoms with van der Waals surface area (Å²) in [7, 11) is 1.62. The first-order valence-electron chi connectivity index (χ1n) is 9.46. The summed E-state index contributed by atoms with van der Waals surface area (Å²) in [5, 5.41) is 2.96. The van der Waals surface area contributed by atoms with E-state index >= 15 is 0 Å². The zero-order valence-corrected chi connectivity index (χ0v) is 15.8. The molecule has 1 saturated heterocycles. The lowest BCUT2D eigenvalue weighted by atomic mass is 10.1. The molecule has 0 aromatic heterocycles. The maximum absolute atomic E-state index is 12.1. The minimum absolute atomic E-state index is 0.0385. The Kier molecular flexibility index (Phi) is 7.11. The smallest absolute Gasteiger partial charge is 0.220 e. The number of benzene rings is 2. The number of rotatable bonds is 9. The van der Waals surface area contributed by atoms with Crippen molar-refractivity contribution in [3.05, 3.63) is 59.7 Å². The number of methoxy groups -OCH3 is 1. The summed E-state index contributed by atoms with van der Waals surface area (Å²) in [6, 6.07) is 15.8. The predicted octanol–water partition coefficient (Wildman–Crippen LogP) is 3.50. The van der Waals surface area contributed by atoms with Crippen molar-refractivity contribution >= 4 is 5.91 Å². The number of ether oxygens (including phenoxy) is 3. The number of hydrogen-bond donors (Lipinski definition) is 1. The van der Waals surface area contributed by atoms with Crippen LogP contribution in [0.4, 0.5) is 0 Å². The van der Waals surface area contributed by atoms with E-state index in [-0.39, 0.29) is 12.0 Å². The number of nitrogens with one attached hydrogen (secondary N) is 1. The highest BCUT2D eigenvalue weighted by molar-refractivity contribution is 5.76. The van der Waals surface area contributed by atoms with Crippen molar-refractivity contribution in [1.82, 2.24) is 5.32 Å². The highest BCUT2D eigenvalue weighted by Gasteiger charge is 2.17. The molecule has 1 fully saturated rings. The lowest BCUT2D eigenvalue weighted by Crippen LogP contribution is -2.23. The van der Waals surface area contributed by atoms with Gasteiger partial charge >= 0.3 is 0 Å². The molecular weight excluding hydrogens is 342 g/mol. The molecule has 0 spiro atoms. The largest absolute Gasteiger partial charge is 0.493 e. The van der Waals surface area contributed by atoms with Gasteiger partial charge in [0.15, 0.2) is 11.5 Å². The molecular formula is C22H27NO4. The molecule has 1 aliphatic rings. The van der Waals surface area contributed by atoms with Gasteiger partial charge in [0.05, 0.1) is 13.2 Å². The number of carbonyl (C=O) groups is 1. The SMILES string of the molecule is COc1cc(CNC(=O)CCc2ccccc2)ccc1OCC1CCCO1. The number of hydrogen-bond acceptors (Lipinski definition) is 4. The van der Waals surface area contributed by atoms with Crippen molar-refractivity contribution in [3.63, 3.8) is 0 Å². The summed E-state index contributed by atoms with van der Waals surface area (Å²) in [6.45, 7) is 1.82. The fraction of sp³-hybridized carbons (Fsp3) is 0.409. The Balaban J connectivity index is 1.47. The van der Waals surface area contributed by atoms with Crippen molar-refractivity contribution in [2.75, 3.05) is 20.3 Å². The summed E-state index contributed by atoms with van der Waals surface area (Å²) in [4.78, 5) is 12.1. The van der Waals surface area contributed by atoms with Crippen LogP contribution in [-0.2, 0) is 22.5 Å². The molecule has 27 heavy (non-hydrogen) atoms. The lowest BCUT2D eigenvalue weighted by Gasteiger charge is -2.15. The Bertz CT molecular complexity index is 726. The van der Waals surface area contributed by atoms with Crippen molar-refractivity contribution in [3.8, 4) is 11.5 Å². The molecule has 144 valence electrons. The van der Waals surface area contributed by atoms with E-state index in [9.17, 15) is 4.79 Å². The van der Waals surface area contributed by atoms with Gasteiger partial charge < -0.3 is 19.5 Å². The van der Waals surface area contributed by atoms with E-state index in [0.29, 0.717) is 31.1 Å². The van der Waals surface area contributed by atoms with E-state index in [0.717, 1.165) is 31.4 Å². The molecule has 1 unspecified atom stereocenters. The quantitative estimate of drug-likeness (QED) is 0.735. The van der Waals surface area contributed by atoms with Crippen LogP contribution in [0, 0.1) is 0 Å². The summed E-state index contributed by atoms with van der Waals surface area (Å²) in [6.07, 6.45) is 3.51. The van der Waals surface area contributed by atoms with Crippen LogP contribution in [0.3, 0.4) is 0 Å². The second kappa shape index (κ2) is 9.97. The van der Waals surface area contributed by atoms with Crippen molar-refractivity contribution < 1.29 is 19.0 Å². The molecule has 3 rings (SSSR count). The minimum Gasteiger partial charge on any atom is -0.493 e. The van der Waals surface area contributed by atoms with Gasteiger partial charge in [-0.15, -0.1) is 0 Å². The van der Waals surface area contributed by atoms with Gasteiger partial charge in [-0.3, -0.25) is 4.79 Å². The zero-order chi connectivity index (χ0) is 18.9. The Morgan fingerprint density at radius 2 is 2.00 bits per heavy atom. The van der Waals surface area contributed by atoms with Crippen LogP contribution in [-0.4, -0.2) is 32.3 Å². The summed E-state index contributed by atoms with van der Waals surface area (Å²) in [5.41, 5.74) is 2.14. The molecule has 2 aromatic carbocycles. The van der Waals surface area contributed by atoms with Gasteiger partial charge in [0.25, 0.3) is 0 Å². The molecule has 1 aliphatic heterocycles. The third-order valence-electron chi connectivity index (χ3n) is 4.65. The number of amides is 1. The van der Waals surface area contributed by atoms with Gasteiger partial charge in [0, 0.05) is 19.6 Å². The van der Waals surface area contributed by atoms with Crippen LogP contribution in [0.25, 0.3) is 0 Å². The standard InChI is InChI=1S/C22H27NO4/c1-25-21-14-18(9-11-20(21)27-16-19-8-5-13-26-19)15-23-22(24)12-10-17-6-3-2-4-7-17/h2-4,6-7,9,11,14,19H,5,8,10,12-13,15-16H2,1H3,(H,23,24). The van der Waals surface area contributed by atoms with Gasteiger partial charge in [-0.05, 0) is 42.5 Å². The first-order valence-corrected chi connectivity index (χ1v) is 9.46. The third kappa shape index (κ3) is 6.00. The highest BCUT2D eigenvalue weighted by atomic mass is 16.5. The number of carbonyl (C=O) groups excluding carboxylic acids is 1. The first kappa shape index (κ1) is 19.2. The van der Waals surface area contributed by atoms with Gasteiger partial charge in [0.1, 0.15) is 6.61 Å². The van der Waals surface area contributed by atoms with Crippen molar-refractivity contribution in [1.29, 1.82) is 0 Å². The lowest BCUT2D eigenvalue weighted by molar-refractivity contribution is -0.121. The maximum Gasteiger partial charge on any atom is 0.220 e. The average Bonchev–Trinajstić information content (AvgIpc) is 3.24. The number of aryl methyl sites for hydroxylation is 1. The highest BCUT2D eigenvalue weighted by Crippen LogP contribution is 2.29. The molecule has 2 aromatic rings. The van der Waals surface area contributed by atoms with Crippen LogP contribution < -0.4 is 14.8 Å². The van der Waals surface area contributed by atoms with E-state index in [1.165, 1.54) is 5.56 Å². The monoisotopic (exact) mass is 369 g/mol. The summed E-state index contributed by atoms with van der Waals surface area (Å²) < 4.78 is 16.9.